The Morgan fingerprint density at radius 1 is 1.44 bits per heavy atom. The lowest BCUT2D eigenvalue weighted by molar-refractivity contribution is 0.281. The second kappa shape index (κ2) is 5.55. The number of nitrogens with two attached hydrogens (primary N) is 1. The molecule has 2 aromatic rings. The first-order valence-electron chi connectivity index (χ1n) is 5.02. The minimum atomic E-state index is -0.281. The lowest BCUT2D eigenvalue weighted by atomic mass is 10.2. The normalized spacial score (nSPS) is 10.6. The lowest BCUT2D eigenvalue weighted by Crippen LogP contribution is -2.09. The van der Waals surface area contributed by atoms with E-state index in [0.29, 0.717) is 5.16 Å². The molecule has 0 saturated heterocycles. The van der Waals surface area contributed by atoms with Gasteiger partial charge in [0.1, 0.15) is 5.82 Å². The van der Waals surface area contributed by atoms with Crippen LogP contribution in [0.1, 0.15) is 5.56 Å². The highest BCUT2D eigenvalue weighted by Gasteiger charge is 2.05. The summed E-state index contributed by atoms with van der Waals surface area (Å²) in [5.41, 5.74) is 6.02. The molecule has 0 amide bonds. The van der Waals surface area contributed by atoms with Crippen molar-refractivity contribution in [2.75, 3.05) is 5.73 Å². The van der Waals surface area contributed by atoms with E-state index in [9.17, 15) is 4.79 Å². The van der Waals surface area contributed by atoms with Crippen LogP contribution < -0.4 is 11.3 Å². The molecule has 18 heavy (non-hydrogen) atoms. The molecule has 2 rings (SSSR count). The van der Waals surface area contributed by atoms with Gasteiger partial charge in [0.05, 0.1) is 6.61 Å². The molecule has 0 radical (unpaired) electrons. The molecule has 7 heteroatoms. The van der Waals surface area contributed by atoms with Crippen molar-refractivity contribution in [3.63, 3.8) is 0 Å². The zero-order valence-corrected chi connectivity index (χ0v) is 11.6. The van der Waals surface area contributed by atoms with Crippen molar-refractivity contribution >= 4 is 33.5 Å². The van der Waals surface area contributed by atoms with Crippen molar-refractivity contribution in [3.8, 4) is 0 Å². The second-order valence-corrected chi connectivity index (χ2v) is 5.41. The molecule has 0 unspecified atom stereocenters. The van der Waals surface area contributed by atoms with E-state index in [2.05, 4.69) is 25.9 Å². The number of nitrogens with one attached hydrogen (secondary N) is 1. The Bertz CT molecular complexity index is 630. The average molecular weight is 328 g/mol. The predicted molar refractivity (Wildman–Crippen MR) is 73.5 cm³/mol. The molecular weight excluding hydrogens is 318 g/mol. The van der Waals surface area contributed by atoms with Crippen LogP contribution in [0.3, 0.4) is 0 Å². The Morgan fingerprint density at radius 2 is 2.22 bits per heavy atom. The molecule has 0 saturated carbocycles. The van der Waals surface area contributed by atoms with Gasteiger partial charge >= 0.3 is 0 Å². The molecule has 0 aliphatic heterocycles. The SMILES string of the molecule is Nc1cc(=O)[nH]c(Sc2ccc(CO)c(Br)c2)n1. The summed E-state index contributed by atoms with van der Waals surface area (Å²) in [4.78, 5) is 18.7. The number of anilines is 1. The summed E-state index contributed by atoms with van der Waals surface area (Å²) in [6, 6.07) is 6.72. The molecule has 0 aliphatic carbocycles. The van der Waals surface area contributed by atoms with Crippen molar-refractivity contribution in [1.82, 2.24) is 9.97 Å². The first-order valence-corrected chi connectivity index (χ1v) is 6.63. The number of nitrogens with zero attached hydrogens (tertiary/aromatic N) is 1. The molecule has 0 atom stereocenters. The third-order valence-corrected chi connectivity index (χ3v) is 3.76. The predicted octanol–water partition coefficient (Wildman–Crippen LogP) is 1.76. The molecule has 94 valence electrons. The van der Waals surface area contributed by atoms with Gasteiger partial charge in [0, 0.05) is 15.4 Å². The van der Waals surface area contributed by atoms with E-state index in [0.717, 1.165) is 14.9 Å². The van der Waals surface area contributed by atoms with E-state index in [1.54, 1.807) is 6.07 Å². The van der Waals surface area contributed by atoms with Crippen LogP contribution in [0.4, 0.5) is 5.82 Å². The molecule has 4 N–H and O–H groups in total. The third kappa shape index (κ3) is 3.12. The molecule has 1 heterocycles. The fourth-order valence-electron chi connectivity index (χ4n) is 1.33. The van der Waals surface area contributed by atoms with E-state index in [1.165, 1.54) is 17.8 Å². The summed E-state index contributed by atoms with van der Waals surface area (Å²) >= 11 is 4.65. The number of hydrogen-bond acceptors (Lipinski definition) is 5. The first-order chi connectivity index (χ1) is 8.58. The zero-order valence-electron chi connectivity index (χ0n) is 9.18. The van der Waals surface area contributed by atoms with Gasteiger partial charge in [0.2, 0.25) is 0 Å². The van der Waals surface area contributed by atoms with Crippen molar-refractivity contribution in [1.29, 1.82) is 0 Å². The van der Waals surface area contributed by atoms with Crippen molar-refractivity contribution < 1.29 is 5.11 Å². The van der Waals surface area contributed by atoms with Gasteiger partial charge in [0.15, 0.2) is 5.16 Å². The summed E-state index contributed by atoms with van der Waals surface area (Å²) in [5.74, 6) is 0.187. The topological polar surface area (TPSA) is 92.0 Å². The number of aliphatic hydroxyl groups excluding tert-OH is 1. The molecule has 1 aromatic carbocycles. The Labute approximate surface area is 116 Å². The Balaban J connectivity index is 2.28. The standard InChI is InChI=1S/C11H10BrN3O2S/c12-8-3-7(2-1-6(8)5-16)18-11-14-9(13)4-10(17)15-11/h1-4,16H,5H2,(H3,13,14,15,17). The largest absolute Gasteiger partial charge is 0.392 e. The first kappa shape index (κ1) is 13.1. The zero-order chi connectivity index (χ0) is 13.1. The Morgan fingerprint density at radius 3 is 2.83 bits per heavy atom. The highest BCUT2D eigenvalue weighted by molar-refractivity contribution is 9.10. The highest BCUT2D eigenvalue weighted by Crippen LogP contribution is 2.28. The fourth-order valence-corrected chi connectivity index (χ4v) is 2.83. The Kier molecular flexibility index (Phi) is 4.05. The smallest absolute Gasteiger partial charge is 0.253 e. The molecular formula is C11H10BrN3O2S. The van der Waals surface area contributed by atoms with Crippen molar-refractivity contribution in [2.24, 2.45) is 0 Å². The maximum atomic E-state index is 11.2. The van der Waals surface area contributed by atoms with Gasteiger partial charge in [-0.15, -0.1) is 0 Å². The molecule has 0 fully saturated rings. The summed E-state index contributed by atoms with van der Waals surface area (Å²) in [7, 11) is 0. The maximum Gasteiger partial charge on any atom is 0.253 e. The number of H-pyrrole nitrogens is 1. The van der Waals surface area contributed by atoms with E-state index in [4.69, 9.17) is 10.8 Å². The second-order valence-electron chi connectivity index (χ2n) is 3.49. The van der Waals surface area contributed by atoms with Gasteiger partial charge in [-0.25, -0.2) is 4.98 Å². The molecule has 0 bridgehead atoms. The van der Waals surface area contributed by atoms with Gasteiger partial charge in [-0.2, -0.15) is 0 Å². The van der Waals surface area contributed by atoms with E-state index in [1.807, 2.05) is 12.1 Å². The maximum absolute atomic E-state index is 11.2. The number of nitrogen functional groups attached to an aromatic ring is 1. The van der Waals surface area contributed by atoms with E-state index < -0.39 is 0 Å². The van der Waals surface area contributed by atoms with Gasteiger partial charge < -0.3 is 15.8 Å². The monoisotopic (exact) mass is 327 g/mol. The van der Waals surface area contributed by atoms with Crippen LogP contribution in [0, 0.1) is 0 Å². The summed E-state index contributed by atoms with van der Waals surface area (Å²) < 4.78 is 0.807. The minimum Gasteiger partial charge on any atom is -0.392 e. The number of aliphatic hydroxyl groups is 1. The third-order valence-electron chi connectivity index (χ3n) is 2.15. The lowest BCUT2D eigenvalue weighted by Gasteiger charge is -2.05. The van der Waals surface area contributed by atoms with Crippen LogP contribution in [-0.4, -0.2) is 15.1 Å². The van der Waals surface area contributed by atoms with Crippen LogP contribution in [-0.2, 0) is 6.61 Å². The number of aromatic nitrogens is 2. The number of benzene rings is 1. The van der Waals surface area contributed by atoms with Crippen LogP contribution >= 0.6 is 27.7 Å². The molecule has 0 spiro atoms. The molecule has 1 aromatic heterocycles. The van der Waals surface area contributed by atoms with Crippen LogP contribution in [0.5, 0.6) is 0 Å². The van der Waals surface area contributed by atoms with E-state index >= 15 is 0 Å². The van der Waals surface area contributed by atoms with Crippen LogP contribution in [0.2, 0.25) is 0 Å². The fraction of sp³-hybridized carbons (Fsp3) is 0.0909. The van der Waals surface area contributed by atoms with Gasteiger partial charge in [-0.3, -0.25) is 4.79 Å². The number of halogens is 1. The Hall–Kier alpha value is -1.31. The summed E-state index contributed by atoms with van der Waals surface area (Å²) in [6.07, 6.45) is 0. The number of rotatable bonds is 3. The number of aromatic amines is 1. The summed E-state index contributed by atoms with van der Waals surface area (Å²) in [6.45, 7) is -0.0289. The molecule has 5 nitrogen and oxygen atoms in total. The number of hydrogen-bond donors (Lipinski definition) is 3. The van der Waals surface area contributed by atoms with Crippen molar-refractivity contribution in [2.45, 2.75) is 16.7 Å². The van der Waals surface area contributed by atoms with Crippen LogP contribution in [0.25, 0.3) is 0 Å². The average Bonchev–Trinajstić information content (AvgIpc) is 2.27. The van der Waals surface area contributed by atoms with E-state index in [-0.39, 0.29) is 18.0 Å². The van der Waals surface area contributed by atoms with Crippen molar-refractivity contribution in [3.05, 3.63) is 44.7 Å². The van der Waals surface area contributed by atoms with Gasteiger partial charge in [0.25, 0.3) is 5.56 Å². The minimum absolute atomic E-state index is 0.0289. The summed E-state index contributed by atoms with van der Waals surface area (Å²) in [5, 5.41) is 9.49. The quantitative estimate of drug-likeness (QED) is 0.747. The highest BCUT2D eigenvalue weighted by atomic mass is 79.9. The van der Waals surface area contributed by atoms with Crippen LogP contribution in [0.15, 0.2) is 43.6 Å². The van der Waals surface area contributed by atoms with Gasteiger partial charge in [-0.1, -0.05) is 33.8 Å². The molecule has 0 aliphatic rings. The van der Waals surface area contributed by atoms with Gasteiger partial charge in [-0.05, 0) is 17.7 Å².